The molecule has 0 aliphatic heterocycles. The Morgan fingerprint density at radius 3 is 1.92 bits per heavy atom. The Bertz CT molecular complexity index is 414. The molecule has 72 valence electrons. The van der Waals surface area contributed by atoms with Crippen molar-refractivity contribution in [2.45, 2.75) is 18.7 Å². The van der Waals surface area contributed by atoms with Gasteiger partial charge in [0, 0.05) is 3.57 Å². The van der Waals surface area contributed by atoms with Gasteiger partial charge in [0.2, 0.25) is 0 Å². The molecule has 0 spiro atoms. The van der Waals surface area contributed by atoms with E-state index >= 15 is 0 Å². The highest BCUT2D eigenvalue weighted by molar-refractivity contribution is 14.1. The van der Waals surface area contributed by atoms with Crippen LogP contribution >= 0.6 is 22.6 Å². The van der Waals surface area contributed by atoms with Crippen LogP contribution in [-0.2, 0) is 10.1 Å². The number of hydrogen-bond donors (Lipinski definition) is 1. The maximum absolute atomic E-state index is 10.9. The summed E-state index contributed by atoms with van der Waals surface area (Å²) in [5, 5.41) is 0. The minimum Gasteiger partial charge on any atom is -0.282 e. The van der Waals surface area contributed by atoms with Crippen molar-refractivity contribution in [2.75, 3.05) is 0 Å². The molecule has 0 bridgehead atoms. The molecule has 0 fully saturated rings. The number of halogens is 1. The molecule has 0 unspecified atom stereocenters. The molecule has 0 saturated heterocycles. The normalized spacial score (nSPS) is 11.7. The van der Waals surface area contributed by atoms with Crippen LogP contribution in [0.4, 0.5) is 0 Å². The van der Waals surface area contributed by atoms with Crippen molar-refractivity contribution >= 4 is 32.7 Å². The Hall–Kier alpha value is -0.140. The minimum atomic E-state index is -4.08. The minimum absolute atomic E-state index is 0.0212. The Kier molecular flexibility index (Phi) is 2.98. The van der Waals surface area contributed by atoms with Crippen LogP contribution in [0.25, 0.3) is 0 Å². The van der Waals surface area contributed by atoms with Crippen LogP contribution < -0.4 is 0 Å². The molecule has 0 saturated carbocycles. The molecule has 0 heterocycles. The van der Waals surface area contributed by atoms with Crippen molar-refractivity contribution in [1.82, 2.24) is 0 Å². The standard InChI is InChI=1S/C8H9IO3S/c1-5-3-7(9)4-6(2)8(5)13(10,11)12/h3-4H,1-2H3,(H,10,11,12). The molecular weight excluding hydrogens is 303 g/mol. The molecule has 1 rings (SSSR count). The van der Waals surface area contributed by atoms with E-state index in [1.165, 1.54) is 0 Å². The first-order chi connectivity index (χ1) is 5.82. The molecule has 0 aliphatic rings. The van der Waals surface area contributed by atoms with E-state index in [-0.39, 0.29) is 4.90 Å². The summed E-state index contributed by atoms with van der Waals surface area (Å²) in [4.78, 5) is 0.0212. The Morgan fingerprint density at radius 1 is 1.23 bits per heavy atom. The predicted molar refractivity (Wildman–Crippen MR) is 58.4 cm³/mol. The third-order valence-corrected chi connectivity index (χ3v) is 3.47. The first-order valence-electron chi connectivity index (χ1n) is 3.56. The monoisotopic (exact) mass is 312 g/mol. The summed E-state index contributed by atoms with van der Waals surface area (Å²) < 4.78 is 31.7. The second kappa shape index (κ2) is 3.55. The molecular formula is C8H9IO3S. The quantitative estimate of drug-likeness (QED) is 0.638. The molecule has 1 N–H and O–H groups in total. The third kappa shape index (κ3) is 2.41. The van der Waals surface area contributed by atoms with Gasteiger partial charge in [0.05, 0.1) is 4.90 Å². The summed E-state index contributed by atoms with van der Waals surface area (Å²) >= 11 is 2.10. The largest absolute Gasteiger partial charge is 0.295 e. The maximum Gasteiger partial charge on any atom is 0.295 e. The van der Waals surface area contributed by atoms with Crippen LogP contribution in [0.15, 0.2) is 17.0 Å². The summed E-state index contributed by atoms with van der Waals surface area (Å²) in [5.74, 6) is 0. The summed E-state index contributed by atoms with van der Waals surface area (Å²) in [6.07, 6.45) is 0. The van der Waals surface area contributed by atoms with E-state index in [0.29, 0.717) is 11.1 Å². The maximum atomic E-state index is 10.9. The van der Waals surface area contributed by atoms with Crippen LogP contribution in [0.1, 0.15) is 11.1 Å². The van der Waals surface area contributed by atoms with Crippen molar-refractivity contribution < 1.29 is 13.0 Å². The first kappa shape index (κ1) is 10.9. The molecule has 0 aromatic heterocycles. The molecule has 3 nitrogen and oxygen atoms in total. The summed E-state index contributed by atoms with van der Waals surface area (Å²) in [6.45, 7) is 3.33. The van der Waals surface area contributed by atoms with E-state index in [2.05, 4.69) is 22.6 Å². The van der Waals surface area contributed by atoms with Gasteiger partial charge in [-0.25, -0.2) is 0 Å². The van der Waals surface area contributed by atoms with E-state index < -0.39 is 10.1 Å². The van der Waals surface area contributed by atoms with Crippen LogP contribution in [0.3, 0.4) is 0 Å². The molecule has 5 heteroatoms. The molecule has 1 aromatic rings. The molecule has 1 aromatic carbocycles. The molecule has 0 atom stereocenters. The number of aryl methyl sites for hydroxylation is 2. The lowest BCUT2D eigenvalue weighted by molar-refractivity contribution is 0.482. The van der Waals surface area contributed by atoms with Crippen molar-refractivity contribution in [3.63, 3.8) is 0 Å². The smallest absolute Gasteiger partial charge is 0.282 e. The molecule has 0 aliphatic carbocycles. The zero-order chi connectivity index (χ0) is 10.2. The Morgan fingerprint density at radius 2 is 1.62 bits per heavy atom. The number of hydrogen-bond acceptors (Lipinski definition) is 2. The van der Waals surface area contributed by atoms with Gasteiger partial charge in [0.1, 0.15) is 0 Å². The van der Waals surface area contributed by atoms with E-state index in [4.69, 9.17) is 4.55 Å². The zero-order valence-electron chi connectivity index (χ0n) is 7.20. The fourth-order valence-corrected chi connectivity index (χ4v) is 3.17. The Balaban J connectivity index is 3.57. The average Bonchev–Trinajstić information content (AvgIpc) is 1.78. The highest BCUT2D eigenvalue weighted by Crippen LogP contribution is 2.22. The lowest BCUT2D eigenvalue weighted by Crippen LogP contribution is -2.04. The van der Waals surface area contributed by atoms with Crippen LogP contribution in [0, 0.1) is 17.4 Å². The van der Waals surface area contributed by atoms with Crippen molar-refractivity contribution in [3.05, 3.63) is 26.8 Å². The van der Waals surface area contributed by atoms with Gasteiger partial charge >= 0.3 is 0 Å². The molecule has 13 heavy (non-hydrogen) atoms. The van der Waals surface area contributed by atoms with E-state index in [1.807, 2.05) is 0 Å². The van der Waals surface area contributed by atoms with Gasteiger partial charge in [-0.05, 0) is 59.7 Å². The second-order valence-corrected chi connectivity index (χ2v) is 5.45. The first-order valence-corrected chi connectivity index (χ1v) is 6.08. The van der Waals surface area contributed by atoms with E-state index in [0.717, 1.165) is 3.57 Å². The highest BCUT2D eigenvalue weighted by atomic mass is 127. The lowest BCUT2D eigenvalue weighted by atomic mass is 10.2. The van der Waals surface area contributed by atoms with E-state index in [9.17, 15) is 8.42 Å². The summed E-state index contributed by atoms with van der Waals surface area (Å²) in [6, 6.07) is 3.44. The zero-order valence-corrected chi connectivity index (χ0v) is 10.2. The fraction of sp³-hybridized carbons (Fsp3) is 0.250. The van der Waals surface area contributed by atoms with Gasteiger partial charge in [0.25, 0.3) is 10.1 Å². The Labute approximate surface area is 91.1 Å². The predicted octanol–water partition coefficient (Wildman–Crippen LogP) is 2.15. The number of benzene rings is 1. The second-order valence-electron chi connectivity index (χ2n) is 2.84. The van der Waals surface area contributed by atoms with Gasteiger partial charge in [-0.1, -0.05) is 0 Å². The van der Waals surface area contributed by atoms with E-state index in [1.54, 1.807) is 26.0 Å². The SMILES string of the molecule is Cc1cc(I)cc(C)c1S(=O)(=O)O. The topological polar surface area (TPSA) is 54.4 Å². The van der Waals surface area contributed by atoms with Crippen LogP contribution in [0.2, 0.25) is 0 Å². The van der Waals surface area contributed by atoms with Gasteiger partial charge < -0.3 is 0 Å². The van der Waals surface area contributed by atoms with Crippen LogP contribution in [-0.4, -0.2) is 13.0 Å². The van der Waals surface area contributed by atoms with Gasteiger partial charge in [0.15, 0.2) is 0 Å². The summed E-state index contributed by atoms with van der Waals surface area (Å²) in [5.41, 5.74) is 1.15. The number of rotatable bonds is 1. The lowest BCUT2D eigenvalue weighted by Gasteiger charge is -2.06. The van der Waals surface area contributed by atoms with Crippen LogP contribution in [0.5, 0.6) is 0 Å². The van der Waals surface area contributed by atoms with Crippen molar-refractivity contribution in [3.8, 4) is 0 Å². The van der Waals surface area contributed by atoms with Gasteiger partial charge in [-0.15, -0.1) is 0 Å². The molecule has 0 radical (unpaired) electrons. The molecule has 0 amide bonds. The van der Waals surface area contributed by atoms with Gasteiger partial charge in [-0.3, -0.25) is 4.55 Å². The fourth-order valence-electron chi connectivity index (χ4n) is 1.30. The summed E-state index contributed by atoms with van der Waals surface area (Å²) in [7, 11) is -4.08. The van der Waals surface area contributed by atoms with Crippen molar-refractivity contribution in [2.24, 2.45) is 0 Å². The van der Waals surface area contributed by atoms with Gasteiger partial charge in [-0.2, -0.15) is 8.42 Å². The van der Waals surface area contributed by atoms with Crippen molar-refractivity contribution in [1.29, 1.82) is 0 Å². The third-order valence-electron chi connectivity index (χ3n) is 1.68. The highest BCUT2D eigenvalue weighted by Gasteiger charge is 2.16. The average molecular weight is 312 g/mol.